The SMILES string of the molecule is COC(=O)c1c[nH]c(=O)c(NCc2cc3cc(Cl)ccc3[nH]c2=O)c1. The highest BCUT2D eigenvalue weighted by Gasteiger charge is 2.10. The smallest absolute Gasteiger partial charge is 0.339 e. The zero-order valence-electron chi connectivity index (χ0n) is 13.2. The quantitative estimate of drug-likeness (QED) is 0.620. The van der Waals surface area contributed by atoms with E-state index in [1.165, 1.54) is 19.4 Å². The first-order valence-corrected chi connectivity index (χ1v) is 7.72. The van der Waals surface area contributed by atoms with Crippen LogP contribution in [-0.4, -0.2) is 23.0 Å². The molecule has 8 heteroatoms. The number of aromatic amines is 2. The molecule has 3 N–H and O–H groups in total. The number of hydrogen-bond acceptors (Lipinski definition) is 5. The molecule has 0 radical (unpaired) electrons. The van der Waals surface area contributed by atoms with Crippen LogP contribution in [0.4, 0.5) is 5.69 Å². The third kappa shape index (κ3) is 3.56. The van der Waals surface area contributed by atoms with Gasteiger partial charge in [-0.3, -0.25) is 9.59 Å². The van der Waals surface area contributed by atoms with Crippen molar-refractivity contribution >= 4 is 34.2 Å². The zero-order chi connectivity index (χ0) is 18.0. The van der Waals surface area contributed by atoms with Crippen LogP contribution in [0.2, 0.25) is 5.02 Å². The van der Waals surface area contributed by atoms with Crippen LogP contribution in [-0.2, 0) is 11.3 Å². The second kappa shape index (κ2) is 6.82. The van der Waals surface area contributed by atoms with Crippen LogP contribution >= 0.6 is 11.6 Å². The number of rotatable bonds is 4. The van der Waals surface area contributed by atoms with Crippen molar-refractivity contribution in [3.63, 3.8) is 0 Å². The number of carbonyl (C=O) groups excluding carboxylic acids is 1. The van der Waals surface area contributed by atoms with Crippen LogP contribution in [0.3, 0.4) is 0 Å². The number of halogens is 1. The van der Waals surface area contributed by atoms with Gasteiger partial charge in [0.25, 0.3) is 11.1 Å². The van der Waals surface area contributed by atoms with Gasteiger partial charge in [0.15, 0.2) is 0 Å². The number of pyridine rings is 2. The molecule has 0 atom stereocenters. The van der Waals surface area contributed by atoms with Gasteiger partial charge in [0.1, 0.15) is 5.69 Å². The maximum Gasteiger partial charge on any atom is 0.339 e. The van der Waals surface area contributed by atoms with E-state index in [0.29, 0.717) is 16.1 Å². The molecule has 0 spiro atoms. The van der Waals surface area contributed by atoms with Gasteiger partial charge >= 0.3 is 5.97 Å². The number of nitrogens with one attached hydrogen (secondary N) is 3. The van der Waals surface area contributed by atoms with Crippen LogP contribution in [0, 0.1) is 0 Å². The molecule has 0 saturated heterocycles. The van der Waals surface area contributed by atoms with Crippen molar-refractivity contribution in [2.45, 2.75) is 6.54 Å². The summed E-state index contributed by atoms with van der Waals surface area (Å²) < 4.78 is 4.62. The lowest BCUT2D eigenvalue weighted by Crippen LogP contribution is -2.20. The molecule has 0 aliphatic carbocycles. The number of fused-ring (bicyclic) bond motifs is 1. The number of ether oxygens (including phenoxy) is 1. The molecule has 3 aromatic rings. The van der Waals surface area contributed by atoms with E-state index in [-0.39, 0.29) is 23.4 Å². The number of hydrogen-bond donors (Lipinski definition) is 3. The van der Waals surface area contributed by atoms with E-state index in [1.807, 2.05) is 0 Å². The average molecular weight is 360 g/mol. The molecule has 2 aromatic heterocycles. The number of H-pyrrole nitrogens is 2. The van der Waals surface area contributed by atoms with Gasteiger partial charge in [-0.25, -0.2) is 4.79 Å². The monoisotopic (exact) mass is 359 g/mol. The molecule has 0 bridgehead atoms. The average Bonchev–Trinajstić information content (AvgIpc) is 2.60. The highest BCUT2D eigenvalue weighted by Crippen LogP contribution is 2.17. The summed E-state index contributed by atoms with van der Waals surface area (Å²) in [6.45, 7) is 0.103. The fourth-order valence-electron chi connectivity index (χ4n) is 2.40. The minimum atomic E-state index is -0.572. The summed E-state index contributed by atoms with van der Waals surface area (Å²) in [7, 11) is 1.25. The Balaban J connectivity index is 1.90. The Labute approximate surface area is 146 Å². The van der Waals surface area contributed by atoms with Crippen LogP contribution in [0.5, 0.6) is 0 Å². The van der Waals surface area contributed by atoms with E-state index in [4.69, 9.17) is 11.6 Å². The Morgan fingerprint density at radius 1 is 1.20 bits per heavy atom. The van der Waals surface area contributed by atoms with Crippen molar-refractivity contribution in [3.05, 3.63) is 73.4 Å². The molecule has 0 unspecified atom stereocenters. The molecular formula is C17H14ClN3O4. The Morgan fingerprint density at radius 2 is 2.00 bits per heavy atom. The Hall–Kier alpha value is -3.06. The highest BCUT2D eigenvalue weighted by atomic mass is 35.5. The van der Waals surface area contributed by atoms with E-state index < -0.39 is 11.5 Å². The van der Waals surface area contributed by atoms with E-state index in [1.54, 1.807) is 24.3 Å². The number of anilines is 1. The summed E-state index contributed by atoms with van der Waals surface area (Å²) in [6.07, 6.45) is 1.27. The number of benzene rings is 1. The van der Waals surface area contributed by atoms with Crippen LogP contribution in [0.25, 0.3) is 10.9 Å². The first kappa shape index (κ1) is 16.8. The summed E-state index contributed by atoms with van der Waals surface area (Å²) in [5.74, 6) is -0.572. The van der Waals surface area contributed by atoms with Gasteiger partial charge in [0.05, 0.1) is 12.7 Å². The minimum Gasteiger partial charge on any atom is -0.465 e. The molecular weight excluding hydrogens is 346 g/mol. The van der Waals surface area contributed by atoms with Gasteiger partial charge < -0.3 is 20.0 Å². The first-order chi connectivity index (χ1) is 12.0. The number of esters is 1. The van der Waals surface area contributed by atoms with Crippen molar-refractivity contribution in [2.24, 2.45) is 0 Å². The maximum atomic E-state index is 12.2. The van der Waals surface area contributed by atoms with Crippen LogP contribution in [0.15, 0.2) is 46.1 Å². The Kier molecular flexibility index (Phi) is 4.58. The van der Waals surface area contributed by atoms with Gasteiger partial charge in [-0.1, -0.05) is 11.6 Å². The van der Waals surface area contributed by atoms with Crippen molar-refractivity contribution in [3.8, 4) is 0 Å². The van der Waals surface area contributed by atoms with Gasteiger partial charge in [-0.2, -0.15) is 0 Å². The van der Waals surface area contributed by atoms with Gasteiger partial charge in [0, 0.05) is 34.2 Å². The number of carbonyl (C=O) groups is 1. The molecule has 2 heterocycles. The predicted molar refractivity (Wildman–Crippen MR) is 95.3 cm³/mol. The molecule has 7 nitrogen and oxygen atoms in total. The normalized spacial score (nSPS) is 10.6. The van der Waals surface area contributed by atoms with Crippen LogP contribution in [0.1, 0.15) is 15.9 Å². The molecule has 0 amide bonds. The van der Waals surface area contributed by atoms with Crippen molar-refractivity contribution < 1.29 is 9.53 Å². The molecule has 25 heavy (non-hydrogen) atoms. The lowest BCUT2D eigenvalue weighted by atomic mass is 10.1. The molecule has 0 aliphatic heterocycles. The largest absolute Gasteiger partial charge is 0.465 e. The fraction of sp³-hybridized carbons (Fsp3) is 0.118. The summed E-state index contributed by atoms with van der Waals surface area (Å²) >= 11 is 5.97. The topological polar surface area (TPSA) is 104 Å². The molecule has 3 rings (SSSR count). The molecule has 128 valence electrons. The van der Waals surface area contributed by atoms with Crippen molar-refractivity contribution in [1.29, 1.82) is 0 Å². The lowest BCUT2D eigenvalue weighted by Gasteiger charge is -2.08. The zero-order valence-corrected chi connectivity index (χ0v) is 13.9. The van der Waals surface area contributed by atoms with Gasteiger partial charge in [-0.15, -0.1) is 0 Å². The molecule has 1 aromatic carbocycles. The van der Waals surface area contributed by atoms with E-state index in [9.17, 15) is 14.4 Å². The van der Waals surface area contributed by atoms with Gasteiger partial charge in [-0.05, 0) is 30.3 Å². The third-order valence-corrected chi connectivity index (χ3v) is 3.91. The van der Waals surface area contributed by atoms with E-state index in [0.717, 1.165) is 5.39 Å². The first-order valence-electron chi connectivity index (χ1n) is 7.34. The summed E-state index contributed by atoms with van der Waals surface area (Å²) in [5, 5.41) is 4.20. The van der Waals surface area contributed by atoms with E-state index in [2.05, 4.69) is 20.0 Å². The Bertz CT molecular complexity index is 1070. The predicted octanol–water partition coefficient (Wildman–Crippen LogP) is 2.27. The second-order valence-corrected chi connectivity index (χ2v) is 5.77. The number of methoxy groups -OCH3 is 1. The Morgan fingerprint density at radius 3 is 2.76 bits per heavy atom. The molecule has 0 saturated carbocycles. The van der Waals surface area contributed by atoms with Crippen molar-refractivity contribution in [2.75, 3.05) is 12.4 Å². The molecule has 0 aliphatic rings. The number of aromatic nitrogens is 2. The van der Waals surface area contributed by atoms with Gasteiger partial charge in [0.2, 0.25) is 0 Å². The van der Waals surface area contributed by atoms with Crippen LogP contribution < -0.4 is 16.4 Å². The highest BCUT2D eigenvalue weighted by molar-refractivity contribution is 6.31. The summed E-state index contributed by atoms with van der Waals surface area (Å²) in [4.78, 5) is 40.8. The standard InChI is InChI=1S/C17H14ClN3O4/c1-25-17(24)11-6-14(16(23)20-8-11)19-7-10-4-9-5-12(18)2-3-13(9)21-15(10)22/h2-6,8,19H,7H2,1H3,(H,20,23)(H,21,22). The second-order valence-electron chi connectivity index (χ2n) is 5.33. The molecule has 0 fully saturated rings. The van der Waals surface area contributed by atoms with Crippen molar-refractivity contribution in [1.82, 2.24) is 9.97 Å². The third-order valence-electron chi connectivity index (χ3n) is 3.68. The van der Waals surface area contributed by atoms with E-state index >= 15 is 0 Å². The maximum absolute atomic E-state index is 12.2. The lowest BCUT2D eigenvalue weighted by molar-refractivity contribution is 0.0600. The minimum absolute atomic E-state index is 0.103. The fourth-order valence-corrected chi connectivity index (χ4v) is 2.58. The summed E-state index contributed by atoms with van der Waals surface area (Å²) in [6, 6.07) is 8.22. The summed E-state index contributed by atoms with van der Waals surface area (Å²) in [5.41, 5.74) is 0.773.